The molecule has 2 amide bonds. The SMILES string of the molecule is CCn1c(=O)c(NCC(=O)Nc2ccc(C(N)=O)cc2)nc2ccccc21. The average molecular weight is 365 g/mol. The quantitative estimate of drug-likeness (QED) is 0.612. The van der Waals surface area contributed by atoms with Gasteiger partial charge in [-0.05, 0) is 43.3 Å². The van der Waals surface area contributed by atoms with E-state index >= 15 is 0 Å². The summed E-state index contributed by atoms with van der Waals surface area (Å²) in [6.07, 6.45) is 0. The highest BCUT2D eigenvalue weighted by Gasteiger charge is 2.11. The van der Waals surface area contributed by atoms with Crippen molar-refractivity contribution in [3.8, 4) is 0 Å². The molecule has 2 aromatic carbocycles. The van der Waals surface area contributed by atoms with Gasteiger partial charge in [0.15, 0.2) is 5.82 Å². The minimum Gasteiger partial charge on any atom is -0.366 e. The van der Waals surface area contributed by atoms with Gasteiger partial charge in [-0.2, -0.15) is 0 Å². The Morgan fingerprint density at radius 2 is 1.81 bits per heavy atom. The highest BCUT2D eigenvalue weighted by atomic mass is 16.2. The number of fused-ring (bicyclic) bond motifs is 1. The van der Waals surface area contributed by atoms with E-state index in [1.165, 1.54) is 12.1 Å². The van der Waals surface area contributed by atoms with E-state index in [9.17, 15) is 14.4 Å². The third-order valence-corrected chi connectivity index (χ3v) is 4.04. The fraction of sp³-hybridized carbons (Fsp3) is 0.158. The summed E-state index contributed by atoms with van der Waals surface area (Å²) in [4.78, 5) is 40.1. The minimum absolute atomic E-state index is 0.120. The summed E-state index contributed by atoms with van der Waals surface area (Å²) >= 11 is 0. The van der Waals surface area contributed by atoms with E-state index in [0.717, 1.165) is 5.52 Å². The van der Waals surface area contributed by atoms with Crippen LogP contribution in [0.5, 0.6) is 0 Å². The fourth-order valence-electron chi connectivity index (χ4n) is 2.71. The first-order valence-corrected chi connectivity index (χ1v) is 8.42. The van der Waals surface area contributed by atoms with Crippen molar-refractivity contribution in [3.63, 3.8) is 0 Å². The van der Waals surface area contributed by atoms with Gasteiger partial charge in [-0.15, -0.1) is 0 Å². The summed E-state index contributed by atoms with van der Waals surface area (Å²) in [5, 5.41) is 5.47. The fourth-order valence-corrected chi connectivity index (χ4v) is 2.71. The molecule has 3 rings (SSSR count). The predicted molar refractivity (Wildman–Crippen MR) is 104 cm³/mol. The number of para-hydroxylation sites is 2. The molecule has 0 saturated carbocycles. The number of rotatable bonds is 6. The lowest BCUT2D eigenvalue weighted by Gasteiger charge is -2.11. The first-order chi connectivity index (χ1) is 13.0. The topological polar surface area (TPSA) is 119 Å². The van der Waals surface area contributed by atoms with Gasteiger partial charge in [0.1, 0.15) is 0 Å². The maximum Gasteiger partial charge on any atom is 0.293 e. The van der Waals surface area contributed by atoms with Gasteiger partial charge in [-0.1, -0.05) is 12.1 Å². The molecule has 0 spiro atoms. The van der Waals surface area contributed by atoms with Crippen LogP contribution in [-0.2, 0) is 11.3 Å². The smallest absolute Gasteiger partial charge is 0.293 e. The number of nitrogens with two attached hydrogens (primary N) is 1. The van der Waals surface area contributed by atoms with Crippen molar-refractivity contribution in [1.29, 1.82) is 0 Å². The zero-order valence-corrected chi connectivity index (χ0v) is 14.7. The molecule has 8 heteroatoms. The number of hydrogen-bond donors (Lipinski definition) is 3. The third kappa shape index (κ3) is 3.95. The highest BCUT2D eigenvalue weighted by molar-refractivity contribution is 5.96. The van der Waals surface area contributed by atoms with E-state index in [1.807, 2.05) is 31.2 Å². The highest BCUT2D eigenvalue weighted by Crippen LogP contribution is 2.12. The van der Waals surface area contributed by atoms with Crippen molar-refractivity contribution in [1.82, 2.24) is 9.55 Å². The van der Waals surface area contributed by atoms with E-state index < -0.39 is 5.91 Å². The summed E-state index contributed by atoms with van der Waals surface area (Å²) in [5.41, 5.74) is 7.18. The maximum absolute atomic E-state index is 12.5. The van der Waals surface area contributed by atoms with E-state index in [4.69, 9.17) is 5.73 Å². The lowest BCUT2D eigenvalue weighted by Crippen LogP contribution is -2.29. The van der Waals surface area contributed by atoms with Crippen molar-refractivity contribution < 1.29 is 9.59 Å². The molecule has 27 heavy (non-hydrogen) atoms. The standard InChI is InChI=1S/C19H19N5O3/c1-2-24-15-6-4-3-5-14(15)23-18(19(24)27)21-11-16(25)22-13-9-7-12(8-10-13)17(20)26/h3-10H,2,11H2,1H3,(H2,20,26)(H,21,23)(H,22,25). The molecule has 8 nitrogen and oxygen atoms in total. The maximum atomic E-state index is 12.5. The van der Waals surface area contributed by atoms with E-state index in [0.29, 0.717) is 23.3 Å². The Hall–Kier alpha value is -3.68. The summed E-state index contributed by atoms with van der Waals surface area (Å²) in [5.74, 6) is -0.766. The van der Waals surface area contributed by atoms with Crippen LogP contribution in [-0.4, -0.2) is 27.9 Å². The van der Waals surface area contributed by atoms with Crippen LogP contribution in [0, 0.1) is 0 Å². The zero-order chi connectivity index (χ0) is 19.4. The number of primary amides is 1. The molecule has 0 saturated heterocycles. The average Bonchev–Trinajstić information content (AvgIpc) is 2.67. The van der Waals surface area contributed by atoms with Gasteiger partial charge in [0.2, 0.25) is 11.8 Å². The Balaban J connectivity index is 1.72. The zero-order valence-electron chi connectivity index (χ0n) is 14.7. The number of aromatic nitrogens is 2. The monoisotopic (exact) mass is 365 g/mol. The van der Waals surface area contributed by atoms with Crippen LogP contribution >= 0.6 is 0 Å². The molecule has 1 heterocycles. The van der Waals surface area contributed by atoms with Gasteiger partial charge in [-0.25, -0.2) is 4.98 Å². The number of nitrogens with one attached hydrogen (secondary N) is 2. The lowest BCUT2D eigenvalue weighted by molar-refractivity contribution is -0.114. The van der Waals surface area contributed by atoms with Gasteiger partial charge in [0, 0.05) is 17.8 Å². The van der Waals surface area contributed by atoms with Crippen LogP contribution < -0.4 is 21.9 Å². The molecule has 0 aliphatic rings. The number of carbonyl (C=O) groups excluding carboxylic acids is 2. The Bertz CT molecular complexity index is 1060. The molecule has 4 N–H and O–H groups in total. The van der Waals surface area contributed by atoms with Crippen molar-refractivity contribution >= 4 is 34.4 Å². The molecule has 1 aromatic heterocycles. The second-order valence-electron chi connectivity index (χ2n) is 5.84. The molecule has 0 unspecified atom stereocenters. The summed E-state index contributed by atoms with van der Waals surface area (Å²) in [7, 11) is 0. The second kappa shape index (κ2) is 7.69. The minimum atomic E-state index is -0.538. The van der Waals surface area contributed by atoms with E-state index in [2.05, 4.69) is 15.6 Å². The molecular formula is C19H19N5O3. The first kappa shape index (κ1) is 18.1. The lowest BCUT2D eigenvalue weighted by atomic mass is 10.2. The predicted octanol–water partition coefficient (Wildman–Crippen LogP) is 1.57. The Labute approximate surface area is 155 Å². The summed E-state index contributed by atoms with van der Waals surface area (Å²) < 4.78 is 1.60. The van der Waals surface area contributed by atoms with Crippen LogP contribution in [0.3, 0.4) is 0 Å². The van der Waals surface area contributed by atoms with Gasteiger partial charge >= 0.3 is 0 Å². The van der Waals surface area contributed by atoms with E-state index in [-0.39, 0.29) is 23.8 Å². The largest absolute Gasteiger partial charge is 0.366 e. The molecule has 0 radical (unpaired) electrons. The number of benzene rings is 2. The van der Waals surface area contributed by atoms with Gasteiger partial charge in [0.05, 0.1) is 17.6 Å². The number of nitrogens with zero attached hydrogens (tertiary/aromatic N) is 2. The third-order valence-electron chi connectivity index (χ3n) is 4.04. The molecule has 0 atom stereocenters. The summed E-state index contributed by atoms with van der Waals surface area (Å²) in [6.45, 7) is 2.25. The normalized spacial score (nSPS) is 10.6. The first-order valence-electron chi connectivity index (χ1n) is 8.42. The van der Waals surface area contributed by atoms with Gasteiger partial charge in [0.25, 0.3) is 5.56 Å². The summed E-state index contributed by atoms with van der Waals surface area (Å²) in [6, 6.07) is 13.5. The number of anilines is 2. The molecule has 138 valence electrons. The van der Waals surface area contributed by atoms with Crippen molar-refractivity contribution in [2.24, 2.45) is 5.73 Å². The molecule has 0 aliphatic carbocycles. The van der Waals surface area contributed by atoms with Crippen molar-refractivity contribution in [2.45, 2.75) is 13.5 Å². The number of hydrogen-bond acceptors (Lipinski definition) is 5. The van der Waals surface area contributed by atoms with Gasteiger partial charge in [-0.3, -0.25) is 14.4 Å². The van der Waals surface area contributed by atoms with Crippen LogP contribution in [0.15, 0.2) is 53.3 Å². The Morgan fingerprint density at radius 3 is 2.48 bits per heavy atom. The number of amides is 2. The van der Waals surface area contributed by atoms with Crippen LogP contribution in [0.25, 0.3) is 11.0 Å². The van der Waals surface area contributed by atoms with Crippen molar-refractivity contribution in [2.75, 3.05) is 17.2 Å². The molecule has 3 aromatic rings. The molecule has 0 fully saturated rings. The Morgan fingerprint density at radius 1 is 1.11 bits per heavy atom. The molecular weight excluding hydrogens is 346 g/mol. The molecule has 0 aliphatic heterocycles. The number of carbonyl (C=O) groups is 2. The number of aryl methyl sites for hydroxylation is 1. The van der Waals surface area contributed by atoms with Gasteiger partial charge < -0.3 is 20.9 Å². The van der Waals surface area contributed by atoms with Crippen LogP contribution in [0.1, 0.15) is 17.3 Å². The van der Waals surface area contributed by atoms with Crippen LogP contribution in [0.2, 0.25) is 0 Å². The van der Waals surface area contributed by atoms with Crippen molar-refractivity contribution in [3.05, 3.63) is 64.4 Å². The van der Waals surface area contributed by atoms with Crippen LogP contribution in [0.4, 0.5) is 11.5 Å². The molecule has 0 bridgehead atoms. The second-order valence-corrected chi connectivity index (χ2v) is 5.84. The van der Waals surface area contributed by atoms with E-state index in [1.54, 1.807) is 16.7 Å². The Kier molecular flexibility index (Phi) is 5.16.